The highest BCUT2D eigenvalue weighted by atomic mass is 16.5. The molecule has 0 aromatic heterocycles. The fourth-order valence-electron chi connectivity index (χ4n) is 3.65. The molecule has 2 atom stereocenters. The highest BCUT2D eigenvalue weighted by molar-refractivity contribution is 5.91. The van der Waals surface area contributed by atoms with Crippen LogP contribution in [0.15, 0.2) is 42.5 Å². The van der Waals surface area contributed by atoms with Gasteiger partial charge in [0, 0.05) is 24.8 Å². The molecule has 3 rings (SSSR count). The van der Waals surface area contributed by atoms with Gasteiger partial charge in [0.25, 0.3) is 0 Å². The first-order valence-electron chi connectivity index (χ1n) is 9.56. The molecule has 2 aromatic rings. The zero-order chi connectivity index (χ0) is 20.1. The number of morpholine rings is 1. The molecular formula is C22H28N2O4. The number of rotatable bonds is 7. The lowest BCUT2D eigenvalue weighted by Crippen LogP contribution is -2.51. The summed E-state index contributed by atoms with van der Waals surface area (Å²) in [5, 5.41) is 13.0. The lowest BCUT2D eigenvalue weighted by molar-refractivity contribution is 0.0696. The van der Waals surface area contributed by atoms with Crippen LogP contribution in [-0.4, -0.2) is 50.5 Å². The molecule has 6 nitrogen and oxygen atoms in total. The first kappa shape index (κ1) is 20.2. The molecule has 1 aliphatic rings. The Labute approximate surface area is 166 Å². The highest BCUT2D eigenvalue weighted by Gasteiger charge is 2.26. The average molecular weight is 384 g/mol. The molecule has 6 heteroatoms. The van der Waals surface area contributed by atoms with Crippen molar-refractivity contribution in [2.24, 2.45) is 0 Å². The van der Waals surface area contributed by atoms with E-state index in [1.807, 2.05) is 37.3 Å². The Bertz CT molecular complexity index is 824. The summed E-state index contributed by atoms with van der Waals surface area (Å²) in [7, 11) is 1.67. The van der Waals surface area contributed by atoms with E-state index in [-0.39, 0.29) is 12.1 Å². The molecule has 0 amide bonds. The molecule has 2 N–H and O–H groups in total. The minimum absolute atomic E-state index is 0.129. The van der Waals surface area contributed by atoms with E-state index in [0.29, 0.717) is 18.8 Å². The fourth-order valence-corrected chi connectivity index (χ4v) is 3.65. The number of aromatic carboxylic acids is 1. The second-order valence-electron chi connectivity index (χ2n) is 7.08. The van der Waals surface area contributed by atoms with Crippen molar-refractivity contribution >= 4 is 11.7 Å². The molecular weight excluding hydrogens is 356 g/mol. The van der Waals surface area contributed by atoms with Crippen molar-refractivity contribution in [1.82, 2.24) is 5.32 Å². The number of carboxylic acids is 1. The van der Waals surface area contributed by atoms with E-state index in [9.17, 15) is 9.90 Å². The van der Waals surface area contributed by atoms with Crippen LogP contribution in [0.3, 0.4) is 0 Å². The molecule has 1 fully saturated rings. The quantitative estimate of drug-likeness (QED) is 0.764. The summed E-state index contributed by atoms with van der Waals surface area (Å²) in [6, 6.07) is 13.8. The summed E-state index contributed by atoms with van der Waals surface area (Å²) in [6.07, 6.45) is 0. The fraction of sp³-hybridized carbons (Fsp3) is 0.409. The highest BCUT2D eigenvalue weighted by Crippen LogP contribution is 2.27. The van der Waals surface area contributed by atoms with E-state index in [0.717, 1.165) is 35.7 Å². The van der Waals surface area contributed by atoms with Crippen molar-refractivity contribution in [2.75, 3.05) is 38.3 Å². The first-order valence-corrected chi connectivity index (χ1v) is 9.56. The van der Waals surface area contributed by atoms with Gasteiger partial charge >= 0.3 is 5.97 Å². The largest absolute Gasteiger partial charge is 0.497 e. The summed E-state index contributed by atoms with van der Waals surface area (Å²) in [4.78, 5) is 13.8. The Morgan fingerprint density at radius 2 is 2.14 bits per heavy atom. The van der Waals surface area contributed by atoms with Crippen LogP contribution in [0.5, 0.6) is 5.75 Å². The number of benzene rings is 2. The number of nitrogens with zero attached hydrogens (tertiary/aromatic N) is 1. The topological polar surface area (TPSA) is 71.0 Å². The Hall–Kier alpha value is -2.57. The average Bonchev–Trinajstić information content (AvgIpc) is 2.72. The smallest absolute Gasteiger partial charge is 0.336 e. The maximum absolute atomic E-state index is 11.5. The predicted molar refractivity (Wildman–Crippen MR) is 110 cm³/mol. The molecule has 0 spiro atoms. The molecule has 0 saturated carbocycles. The monoisotopic (exact) mass is 384 g/mol. The number of hydrogen-bond acceptors (Lipinski definition) is 5. The van der Waals surface area contributed by atoms with Gasteiger partial charge in [0.2, 0.25) is 0 Å². The summed E-state index contributed by atoms with van der Waals surface area (Å²) < 4.78 is 11.0. The Morgan fingerprint density at radius 3 is 2.89 bits per heavy atom. The predicted octanol–water partition coefficient (Wildman–Crippen LogP) is 3.26. The number of methoxy groups -OCH3 is 1. The summed E-state index contributed by atoms with van der Waals surface area (Å²) in [5.41, 5.74) is 3.26. The molecule has 2 aromatic carbocycles. The van der Waals surface area contributed by atoms with Crippen molar-refractivity contribution in [3.8, 4) is 5.75 Å². The Morgan fingerprint density at radius 1 is 1.36 bits per heavy atom. The number of carbonyl (C=O) groups is 1. The molecule has 150 valence electrons. The van der Waals surface area contributed by atoms with Crippen molar-refractivity contribution in [1.29, 1.82) is 0 Å². The normalized spacial score (nSPS) is 18.0. The summed E-state index contributed by atoms with van der Waals surface area (Å²) in [6.45, 7) is 6.71. The number of anilines is 1. The Kier molecular flexibility index (Phi) is 6.54. The van der Waals surface area contributed by atoms with Crippen molar-refractivity contribution in [2.45, 2.75) is 25.9 Å². The molecule has 1 saturated heterocycles. The van der Waals surface area contributed by atoms with E-state index in [4.69, 9.17) is 9.47 Å². The third-order valence-electron chi connectivity index (χ3n) is 5.33. The summed E-state index contributed by atoms with van der Waals surface area (Å²) >= 11 is 0. The molecule has 1 aliphatic heterocycles. The van der Waals surface area contributed by atoms with Gasteiger partial charge in [-0.05, 0) is 49.2 Å². The zero-order valence-electron chi connectivity index (χ0n) is 16.6. The zero-order valence-corrected chi connectivity index (χ0v) is 16.6. The van der Waals surface area contributed by atoms with E-state index in [1.54, 1.807) is 13.2 Å². The molecule has 1 heterocycles. The van der Waals surface area contributed by atoms with Crippen LogP contribution in [0.25, 0.3) is 0 Å². The van der Waals surface area contributed by atoms with Crippen LogP contribution in [0.4, 0.5) is 5.69 Å². The maximum atomic E-state index is 11.5. The van der Waals surface area contributed by atoms with Gasteiger partial charge in [0.1, 0.15) is 5.75 Å². The number of carboxylic acid groups (broad SMARTS) is 1. The van der Waals surface area contributed by atoms with Crippen LogP contribution < -0.4 is 15.0 Å². The minimum Gasteiger partial charge on any atom is -0.497 e. The van der Waals surface area contributed by atoms with Crippen LogP contribution >= 0.6 is 0 Å². The molecule has 28 heavy (non-hydrogen) atoms. The third-order valence-corrected chi connectivity index (χ3v) is 5.33. The van der Waals surface area contributed by atoms with Crippen LogP contribution in [0.2, 0.25) is 0 Å². The number of hydrogen-bond donors (Lipinski definition) is 2. The molecule has 0 radical (unpaired) electrons. The van der Waals surface area contributed by atoms with Crippen LogP contribution in [-0.2, 0) is 4.74 Å². The van der Waals surface area contributed by atoms with Crippen molar-refractivity contribution in [3.63, 3.8) is 0 Å². The van der Waals surface area contributed by atoms with E-state index < -0.39 is 5.97 Å². The van der Waals surface area contributed by atoms with Gasteiger partial charge in [-0.3, -0.25) is 0 Å². The minimum atomic E-state index is -0.895. The lowest BCUT2D eigenvalue weighted by Gasteiger charge is -2.39. The SMILES string of the molecule is COc1cccc([C@@H](C)NCC2COCCN2c2cccc(C(=O)O)c2C)c1. The second kappa shape index (κ2) is 9.08. The van der Waals surface area contributed by atoms with Crippen LogP contribution in [0.1, 0.15) is 34.5 Å². The first-order chi connectivity index (χ1) is 13.5. The van der Waals surface area contributed by atoms with Crippen molar-refractivity contribution in [3.05, 3.63) is 59.2 Å². The van der Waals surface area contributed by atoms with Gasteiger partial charge in [-0.15, -0.1) is 0 Å². The van der Waals surface area contributed by atoms with Crippen LogP contribution in [0, 0.1) is 6.92 Å². The van der Waals surface area contributed by atoms with E-state index >= 15 is 0 Å². The van der Waals surface area contributed by atoms with Gasteiger partial charge in [0.05, 0.1) is 31.9 Å². The second-order valence-corrected chi connectivity index (χ2v) is 7.08. The van der Waals surface area contributed by atoms with E-state index in [2.05, 4.69) is 23.2 Å². The van der Waals surface area contributed by atoms with Gasteiger partial charge in [0.15, 0.2) is 0 Å². The number of ether oxygens (including phenoxy) is 2. The summed E-state index contributed by atoms with van der Waals surface area (Å²) in [5.74, 6) is -0.0520. The molecule has 0 bridgehead atoms. The van der Waals surface area contributed by atoms with Gasteiger partial charge in [-0.25, -0.2) is 4.79 Å². The van der Waals surface area contributed by atoms with Gasteiger partial charge in [-0.1, -0.05) is 18.2 Å². The standard InChI is InChI=1S/C22H28N2O4/c1-15-20(22(25)26)8-5-9-21(15)24-10-11-28-14-18(24)13-23-16(2)17-6-4-7-19(12-17)27-3/h4-9,12,16,18,23H,10-11,13-14H2,1-3H3,(H,25,26)/t16-,18?/m1/s1. The van der Waals surface area contributed by atoms with Crippen molar-refractivity contribution < 1.29 is 19.4 Å². The Balaban J connectivity index is 1.73. The third kappa shape index (κ3) is 4.46. The lowest BCUT2D eigenvalue weighted by atomic mass is 10.0. The number of nitrogens with one attached hydrogen (secondary N) is 1. The van der Waals surface area contributed by atoms with Gasteiger partial charge in [-0.2, -0.15) is 0 Å². The molecule has 0 aliphatic carbocycles. The van der Waals surface area contributed by atoms with E-state index in [1.165, 1.54) is 0 Å². The van der Waals surface area contributed by atoms with Gasteiger partial charge < -0.3 is 24.8 Å². The molecule has 1 unspecified atom stereocenters. The maximum Gasteiger partial charge on any atom is 0.336 e.